The maximum absolute atomic E-state index is 0. The maximum atomic E-state index is 0. The van der Waals surface area contributed by atoms with Crippen molar-refractivity contribution in [2.75, 3.05) is 0 Å². The Morgan fingerprint density at radius 3 is 0.143 bits per heavy atom. The van der Waals surface area contributed by atoms with Crippen LogP contribution < -0.4 is 0 Å². The Kier molecular flexibility index (Phi) is 1170. The Morgan fingerprint density at radius 2 is 0.143 bits per heavy atom. The van der Waals surface area contributed by atoms with E-state index in [0.717, 1.165) is 0 Å². The van der Waals surface area contributed by atoms with Crippen LogP contribution in [0.4, 0.5) is 0 Å². The third kappa shape index (κ3) is 103. The minimum Gasteiger partial charge on any atom is 0 e. The van der Waals surface area contributed by atoms with Gasteiger partial charge in [-0.1, -0.05) is 0 Å². The van der Waals surface area contributed by atoms with Gasteiger partial charge in [0.05, 0.1) is 0 Å². The molecule has 14 heteroatoms. The summed E-state index contributed by atoms with van der Waals surface area (Å²) < 4.78 is 0. The molecule has 0 N–H and O–H groups in total. The first-order valence-electron chi connectivity index (χ1n) is 0. The van der Waals surface area contributed by atoms with E-state index in [1.54, 1.807) is 0 Å². The second-order valence-corrected chi connectivity index (χ2v) is 0. The summed E-state index contributed by atoms with van der Waals surface area (Å²) in [6.45, 7) is 0. The van der Waals surface area contributed by atoms with Gasteiger partial charge in [0.15, 0.2) is 0 Å². The van der Waals surface area contributed by atoms with E-state index in [1.807, 2.05) is 0 Å². The van der Waals surface area contributed by atoms with E-state index in [4.69, 9.17) is 0 Å². The van der Waals surface area contributed by atoms with E-state index < -0.39 is 0 Å². The van der Waals surface area contributed by atoms with Crippen molar-refractivity contribution in [2.45, 2.75) is 0 Å². The van der Waals surface area contributed by atoms with E-state index in [0.29, 0.717) is 0 Å². The largest absolute Gasteiger partial charge is 0 e. The smallest absolute Gasteiger partial charge is 0 e. The molecule has 0 atom stereocenters. The summed E-state index contributed by atoms with van der Waals surface area (Å²) in [6.07, 6.45) is 0. The Bertz CT molecular complexity index is 13.8. The second-order valence-electron chi connectivity index (χ2n) is 0. The van der Waals surface area contributed by atoms with Gasteiger partial charge in [0.25, 0.3) is 0 Å². The molecule has 0 aromatic heterocycles. The summed E-state index contributed by atoms with van der Waals surface area (Å²) in [7, 11) is 0. The van der Waals surface area contributed by atoms with Crippen LogP contribution in [0.15, 0.2) is 0 Å². The predicted molar refractivity (Wildman–Crippen MR) is 0 cm³/mol. The molecule has 0 nitrogen and oxygen atoms in total. The van der Waals surface area contributed by atoms with Crippen molar-refractivity contribution in [3.63, 3.8) is 0 Å². The third-order valence-electron chi connectivity index (χ3n) is 0. The molecule has 0 aliphatic carbocycles. The second kappa shape index (κ2) is 119. The molecular formula is Au8Cu6. The first kappa shape index (κ1) is 137. The number of hydrogen-bond donors (Lipinski definition) is 0. The molecule has 0 spiro atoms. The van der Waals surface area contributed by atoms with Crippen molar-refractivity contribution in [1.82, 2.24) is 0 Å². The minimum atomic E-state index is 0. The maximum Gasteiger partial charge on any atom is 0 e. The average Bonchev–Trinajstić information content (AvgIpc) is 0. The molecule has 0 saturated heterocycles. The molecule has 0 bridgehead atoms. The van der Waals surface area contributed by atoms with Crippen LogP contribution in [0.2, 0.25) is 0 Å². The van der Waals surface area contributed by atoms with E-state index in [1.165, 1.54) is 0 Å². The van der Waals surface area contributed by atoms with Gasteiger partial charge in [-0.2, -0.15) is 0 Å². The van der Waals surface area contributed by atoms with Gasteiger partial charge in [-0.15, -0.1) is 0 Å². The molecule has 0 amide bonds. The molecule has 14 radical (unpaired) electrons. The van der Waals surface area contributed by atoms with Crippen molar-refractivity contribution in [1.29, 1.82) is 0 Å². The molecule has 0 aliphatic rings. The molecule has 0 unspecified atom stereocenters. The Hall–Kier alpha value is 9.04. The Morgan fingerprint density at radius 1 is 0.143 bits per heavy atom. The van der Waals surface area contributed by atoms with Crippen molar-refractivity contribution >= 4 is 0 Å². The molecule has 0 fully saturated rings. The fourth-order valence-corrected chi connectivity index (χ4v) is 0. The predicted octanol–water partition coefficient (Wildman–Crippen LogP) is -0.0350. The molecule has 0 aromatic carbocycles. The monoisotopic (exact) mass is 1950 g/mol. The first-order chi connectivity index (χ1) is 0. The molecule has 14 heavy (non-hydrogen) atoms. The topological polar surface area (TPSA) is 0 Å². The van der Waals surface area contributed by atoms with Crippen molar-refractivity contribution in [3.8, 4) is 0 Å². The van der Waals surface area contributed by atoms with Gasteiger partial charge in [0, 0.05) is 281 Å². The number of hydrogen-bond acceptors (Lipinski definition) is 0. The van der Waals surface area contributed by atoms with Gasteiger partial charge in [-0.3, -0.25) is 0 Å². The van der Waals surface area contributed by atoms with Gasteiger partial charge >= 0.3 is 0 Å². The molecular weight excluding hydrogens is 1960 g/mol. The summed E-state index contributed by atoms with van der Waals surface area (Å²) in [5, 5.41) is 0. The van der Waals surface area contributed by atoms with Crippen LogP contribution in [0.5, 0.6) is 0 Å². The number of rotatable bonds is 0. The van der Waals surface area contributed by atoms with Crippen LogP contribution in [0.25, 0.3) is 0 Å². The van der Waals surface area contributed by atoms with E-state index >= 15 is 0 Å². The average molecular weight is 1960 g/mol. The molecule has 154 valence electrons. The fraction of sp³-hybridized carbons (Fsp3) is 0. The van der Waals surface area contributed by atoms with Crippen LogP contribution >= 0.6 is 0 Å². The fourth-order valence-electron chi connectivity index (χ4n) is 0. The zero-order chi connectivity index (χ0) is 0. The molecule has 0 heterocycles. The third-order valence-corrected chi connectivity index (χ3v) is 0. The summed E-state index contributed by atoms with van der Waals surface area (Å²) in [5.74, 6) is 0. The van der Waals surface area contributed by atoms with Crippen LogP contribution in [0.1, 0.15) is 0 Å². The molecule has 0 rings (SSSR count). The zero-order valence-electron chi connectivity index (χ0n) is 4.22. The summed E-state index contributed by atoms with van der Waals surface area (Å²) in [6, 6.07) is 0. The quantitative estimate of drug-likeness (QED) is 0.300. The zero-order valence-corrected chi connectivity index (χ0v) is 27.2. The van der Waals surface area contributed by atoms with Crippen molar-refractivity contribution in [3.05, 3.63) is 0 Å². The molecule has 0 aliphatic heterocycles. The van der Waals surface area contributed by atoms with E-state index in [2.05, 4.69) is 0 Å². The summed E-state index contributed by atoms with van der Waals surface area (Å²) >= 11 is 0. The van der Waals surface area contributed by atoms with Gasteiger partial charge in [-0.25, -0.2) is 0 Å². The Balaban J connectivity index is 0. The van der Waals surface area contributed by atoms with E-state index in [-0.39, 0.29) is 281 Å². The first-order valence-corrected chi connectivity index (χ1v) is 0. The standard InChI is InChI=1S/8Au.6Cu. The SMILES string of the molecule is [Au].[Au].[Au].[Au].[Au].[Au].[Au].[Au].[Cu].[Cu].[Cu].[Cu].[Cu].[Cu]. The van der Waals surface area contributed by atoms with Gasteiger partial charge in [0.1, 0.15) is 0 Å². The van der Waals surface area contributed by atoms with Crippen LogP contribution in [-0.4, -0.2) is 0 Å². The van der Waals surface area contributed by atoms with Crippen LogP contribution in [0.3, 0.4) is 0 Å². The normalized spacial score (nSPS) is 0. The Labute approximate surface area is 274 Å². The van der Waals surface area contributed by atoms with Crippen LogP contribution in [0, 0.1) is 0 Å². The minimum absolute atomic E-state index is 0. The van der Waals surface area contributed by atoms with Crippen molar-refractivity contribution < 1.29 is 281 Å². The van der Waals surface area contributed by atoms with Crippen molar-refractivity contribution in [2.24, 2.45) is 0 Å². The van der Waals surface area contributed by atoms with Crippen LogP contribution in [-0.2, 0) is 281 Å². The van der Waals surface area contributed by atoms with Gasteiger partial charge < -0.3 is 0 Å². The summed E-state index contributed by atoms with van der Waals surface area (Å²) in [4.78, 5) is 0. The molecule has 0 saturated carbocycles. The van der Waals surface area contributed by atoms with E-state index in [9.17, 15) is 0 Å². The van der Waals surface area contributed by atoms with Gasteiger partial charge in [0.2, 0.25) is 0 Å². The summed E-state index contributed by atoms with van der Waals surface area (Å²) in [5.41, 5.74) is 0. The molecule has 0 aromatic rings. The van der Waals surface area contributed by atoms with Gasteiger partial charge in [-0.05, 0) is 0 Å².